The van der Waals surface area contributed by atoms with Crippen molar-refractivity contribution in [3.8, 4) is 0 Å². The maximum absolute atomic E-state index is 11.6. The van der Waals surface area contributed by atoms with E-state index in [0.29, 0.717) is 0 Å². The monoisotopic (exact) mass is 204 g/mol. The summed E-state index contributed by atoms with van der Waals surface area (Å²) >= 11 is 0. The van der Waals surface area contributed by atoms with Crippen LogP contribution in [0.25, 0.3) is 0 Å². The normalized spacial score (nSPS) is 19.9. The molecule has 1 heterocycles. The number of cyclic esters (lactones) is 1. The second-order valence-corrected chi connectivity index (χ2v) is 4.71. The van der Waals surface area contributed by atoms with E-state index in [-0.39, 0.29) is 17.5 Å². The first-order valence-corrected chi connectivity index (χ1v) is 5.36. The van der Waals surface area contributed by atoms with Crippen molar-refractivity contribution in [2.45, 2.75) is 33.3 Å². The summed E-state index contributed by atoms with van der Waals surface area (Å²) in [5, 5.41) is 0. The number of hydrogen-bond acceptors (Lipinski definition) is 2. The van der Waals surface area contributed by atoms with Crippen LogP contribution in [0.15, 0.2) is 24.3 Å². The second kappa shape index (κ2) is 3.37. The van der Waals surface area contributed by atoms with Gasteiger partial charge < -0.3 is 4.74 Å². The third kappa shape index (κ3) is 1.54. The van der Waals surface area contributed by atoms with Crippen molar-refractivity contribution in [1.29, 1.82) is 0 Å². The van der Waals surface area contributed by atoms with Crippen LogP contribution in [0.5, 0.6) is 0 Å². The average Bonchev–Trinajstić information content (AvgIpc) is 2.58. The van der Waals surface area contributed by atoms with Crippen LogP contribution in [0.2, 0.25) is 0 Å². The van der Waals surface area contributed by atoms with Crippen LogP contribution in [-0.2, 0) is 4.74 Å². The highest BCUT2D eigenvalue weighted by Gasteiger charge is 2.39. The Hall–Kier alpha value is -1.31. The fourth-order valence-electron chi connectivity index (χ4n) is 1.91. The highest BCUT2D eigenvalue weighted by molar-refractivity contribution is 5.94. The predicted octanol–water partition coefficient (Wildman–Crippen LogP) is 3.33. The summed E-state index contributed by atoms with van der Waals surface area (Å²) in [5.74, 6) is -0.183. The van der Waals surface area contributed by atoms with E-state index in [4.69, 9.17) is 4.74 Å². The second-order valence-electron chi connectivity index (χ2n) is 4.71. The third-order valence-electron chi connectivity index (χ3n) is 3.31. The van der Waals surface area contributed by atoms with Gasteiger partial charge in [0.25, 0.3) is 0 Å². The van der Waals surface area contributed by atoms with Gasteiger partial charge >= 0.3 is 5.97 Å². The van der Waals surface area contributed by atoms with Gasteiger partial charge in [-0.05, 0) is 12.5 Å². The van der Waals surface area contributed by atoms with Crippen LogP contribution >= 0.6 is 0 Å². The quantitative estimate of drug-likeness (QED) is 0.691. The lowest BCUT2D eigenvalue weighted by Gasteiger charge is -2.29. The number of carbonyl (C=O) groups excluding carboxylic acids is 1. The summed E-state index contributed by atoms with van der Waals surface area (Å²) in [7, 11) is 0. The minimum absolute atomic E-state index is 0.00225. The summed E-state index contributed by atoms with van der Waals surface area (Å²) in [4.78, 5) is 11.6. The minimum atomic E-state index is -0.183. The van der Waals surface area contributed by atoms with Crippen molar-refractivity contribution in [2.75, 3.05) is 0 Å². The SMILES string of the molecule is CCC(C)(C)C1OC(=O)c2ccccc21. The van der Waals surface area contributed by atoms with Crippen LogP contribution < -0.4 is 0 Å². The van der Waals surface area contributed by atoms with Gasteiger partial charge in [-0.15, -0.1) is 0 Å². The zero-order valence-corrected chi connectivity index (χ0v) is 9.41. The number of esters is 1. The highest BCUT2D eigenvalue weighted by atomic mass is 16.5. The van der Waals surface area contributed by atoms with E-state index in [9.17, 15) is 4.79 Å². The predicted molar refractivity (Wildman–Crippen MR) is 58.7 cm³/mol. The van der Waals surface area contributed by atoms with Crippen LogP contribution in [0.1, 0.15) is 49.2 Å². The van der Waals surface area contributed by atoms with Crippen LogP contribution in [0.3, 0.4) is 0 Å². The van der Waals surface area contributed by atoms with Crippen LogP contribution in [0.4, 0.5) is 0 Å². The molecule has 1 aliphatic rings. The molecule has 0 aliphatic carbocycles. The summed E-state index contributed by atoms with van der Waals surface area (Å²) in [6, 6.07) is 7.66. The molecule has 1 aromatic carbocycles. The first-order valence-electron chi connectivity index (χ1n) is 5.36. The van der Waals surface area contributed by atoms with E-state index in [1.165, 1.54) is 0 Å². The molecule has 2 rings (SSSR count). The van der Waals surface area contributed by atoms with Crippen molar-refractivity contribution in [2.24, 2.45) is 5.41 Å². The fourth-order valence-corrected chi connectivity index (χ4v) is 1.91. The molecule has 0 bridgehead atoms. The van der Waals surface area contributed by atoms with Crippen molar-refractivity contribution in [3.05, 3.63) is 35.4 Å². The average molecular weight is 204 g/mol. The van der Waals surface area contributed by atoms with E-state index in [2.05, 4.69) is 20.8 Å². The molecule has 15 heavy (non-hydrogen) atoms. The molecule has 2 nitrogen and oxygen atoms in total. The van der Waals surface area contributed by atoms with Crippen molar-refractivity contribution < 1.29 is 9.53 Å². The Labute approximate surface area is 90.3 Å². The Kier molecular flexibility index (Phi) is 2.29. The molecule has 0 saturated heterocycles. The molecule has 0 spiro atoms. The number of ether oxygens (including phenoxy) is 1. The molecular formula is C13H16O2. The molecule has 1 unspecified atom stereocenters. The number of carbonyl (C=O) groups is 1. The topological polar surface area (TPSA) is 26.3 Å². The third-order valence-corrected chi connectivity index (χ3v) is 3.31. The van der Waals surface area contributed by atoms with Gasteiger partial charge in [0.15, 0.2) is 0 Å². The fraction of sp³-hybridized carbons (Fsp3) is 0.462. The Morgan fingerprint density at radius 3 is 2.67 bits per heavy atom. The van der Waals surface area contributed by atoms with Gasteiger partial charge in [-0.1, -0.05) is 39.0 Å². The van der Waals surface area contributed by atoms with E-state index < -0.39 is 0 Å². The first-order chi connectivity index (χ1) is 7.06. The lowest BCUT2D eigenvalue weighted by molar-refractivity contribution is 0.00129. The Bertz CT molecular complexity index is 393. The lowest BCUT2D eigenvalue weighted by Crippen LogP contribution is -2.21. The molecule has 1 aliphatic heterocycles. The summed E-state index contributed by atoms with van der Waals surface area (Å²) in [6.45, 7) is 6.38. The molecule has 0 amide bonds. The number of fused-ring (bicyclic) bond motifs is 1. The zero-order valence-electron chi connectivity index (χ0n) is 9.41. The molecule has 0 aromatic heterocycles. The van der Waals surface area contributed by atoms with Gasteiger partial charge in [-0.25, -0.2) is 4.79 Å². The number of hydrogen-bond donors (Lipinski definition) is 0. The molecule has 1 atom stereocenters. The van der Waals surface area contributed by atoms with E-state index in [1.807, 2.05) is 24.3 Å². The molecule has 0 saturated carbocycles. The molecule has 0 fully saturated rings. The van der Waals surface area contributed by atoms with Gasteiger partial charge in [0.05, 0.1) is 5.56 Å². The van der Waals surface area contributed by atoms with E-state index in [0.717, 1.165) is 17.5 Å². The van der Waals surface area contributed by atoms with Gasteiger partial charge in [-0.3, -0.25) is 0 Å². The van der Waals surface area contributed by atoms with Gasteiger partial charge in [0.1, 0.15) is 6.10 Å². The van der Waals surface area contributed by atoms with Crippen LogP contribution in [-0.4, -0.2) is 5.97 Å². The first kappa shape index (κ1) is 10.2. The number of benzene rings is 1. The van der Waals surface area contributed by atoms with Crippen molar-refractivity contribution >= 4 is 5.97 Å². The Balaban J connectivity index is 2.45. The summed E-state index contributed by atoms with van der Waals surface area (Å²) < 4.78 is 5.45. The number of rotatable bonds is 2. The Morgan fingerprint density at radius 2 is 2.00 bits per heavy atom. The van der Waals surface area contributed by atoms with Crippen molar-refractivity contribution in [1.82, 2.24) is 0 Å². The van der Waals surface area contributed by atoms with Gasteiger partial charge in [0, 0.05) is 11.0 Å². The van der Waals surface area contributed by atoms with Gasteiger partial charge in [0.2, 0.25) is 0 Å². The molecular weight excluding hydrogens is 188 g/mol. The molecule has 2 heteroatoms. The van der Waals surface area contributed by atoms with Crippen molar-refractivity contribution in [3.63, 3.8) is 0 Å². The maximum atomic E-state index is 11.6. The molecule has 0 N–H and O–H groups in total. The molecule has 0 radical (unpaired) electrons. The highest BCUT2D eigenvalue weighted by Crippen LogP contribution is 2.44. The zero-order chi connectivity index (χ0) is 11.1. The maximum Gasteiger partial charge on any atom is 0.339 e. The minimum Gasteiger partial charge on any atom is -0.453 e. The standard InChI is InChI=1S/C13H16O2/c1-4-13(2,3)11-9-7-5-6-8-10(9)12(14)15-11/h5-8,11H,4H2,1-3H3. The smallest absolute Gasteiger partial charge is 0.339 e. The molecule has 80 valence electrons. The Morgan fingerprint density at radius 1 is 1.33 bits per heavy atom. The molecule has 1 aromatic rings. The summed E-state index contributed by atoms with van der Waals surface area (Å²) in [5.41, 5.74) is 1.76. The van der Waals surface area contributed by atoms with E-state index >= 15 is 0 Å². The largest absolute Gasteiger partial charge is 0.453 e. The van der Waals surface area contributed by atoms with Crippen LogP contribution in [0, 0.1) is 5.41 Å². The van der Waals surface area contributed by atoms with Gasteiger partial charge in [-0.2, -0.15) is 0 Å². The van der Waals surface area contributed by atoms with E-state index in [1.54, 1.807) is 0 Å². The summed E-state index contributed by atoms with van der Waals surface area (Å²) in [6.07, 6.45) is 0.894. The lowest BCUT2D eigenvalue weighted by atomic mass is 9.80.